The number of benzene rings is 1. The van der Waals surface area contributed by atoms with Crippen molar-refractivity contribution in [3.8, 4) is 0 Å². The Kier molecular flexibility index (Phi) is 3.52. The standard InChI is InChI=1S/C17H22N2/c1-3-18-11-15-13-8-4-5-10-16(13)19-17-12(2)7-6-9-14(15)17/h6-7,9,18H,3-5,8,10-11H2,1-2H3. The smallest absolute Gasteiger partial charge is 0.0737 e. The topological polar surface area (TPSA) is 24.9 Å². The Bertz CT molecular complexity index is 602. The van der Waals surface area contributed by atoms with Crippen molar-refractivity contribution in [2.24, 2.45) is 0 Å². The van der Waals surface area contributed by atoms with Gasteiger partial charge in [-0.15, -0.1) is 0 Å². The Labute approximate surface area is 115 Å². The SMILES string of the molecule is CCNCc1c2c(nc3c(C)cccc13)CCCC2. The number of hydrogen-bond donors (Lipinski definition) is 1. The third-order valence-corrected chi connectivity index (χ3v) is 4.16. The summed E-state index contributed by atoms with van der Waals surface area (Å²) in [6, 6.07) is 6.56. The number of fused-ring (bicyclic) bond motifs is 2. The summed E-state index contributed by atoms with van der Waals surface area (Å²) in [6.45, 7) is 6.33. The van der Waals surface area contributed by atoms with Crippen LogP contribution in [-0.2, 0) is 19.4 Å². The summed E-state index contributed by atoms with van der Waals surface area (Å²) in [5.74, 6) is 0. The number of nitrogens with one attached hydrogen (secondary N) is 1. The van der Waals surface area contributed by atoms with E-state index in [1.165, 1.54) is 52.5 Å². The van der Waals surface area contributed by atoms with Gasteiger partial charge in [-0.2, -0.15) is 0 Å². The van der Waals surface area contributed by atoms with Crippen LogP contribution in [0.15, 0.2) is 18.2 Å². The van der Waals surface area contributed by atoms with Gasteiger partial charge in [0.1, 0.15) is 0 Å². The fourth-order valence-electron chi connectivity index (χ4n) is 3.14. The van der Waals surface area contributed by atoms with Crippen molar-refractivity contribution in [2.75, 3.05) is 6.54 Å². The maximum absolute atomic E-state index is 4.96. The molecule has 19 heavy (non-hydrogen) atoms. The molecule has 0 saturated carbocycles. The zero-order valence-corrected chi connectivity index (χ0v) is 11.9. The lowest BCUT2D eigenvalue weighted by atomic mass is 9.89. The highest BCUT2D eigenvalue weighted by Crippen LogP contribution is 2.30. The lowest BCUT2D eigenvalue weighted by Gasteiger charge is -2.21. The van der Waals surface area contributed by atoms with Crippen LogP contribution in [0.4, 0.5) is 0 Å². The average molecular weight is 254 g/mol. The van der Waals surface area contributed by atoms with Crippen LogP contribution in [0.25, 0.3) is 10.9 Å². The van der Waals surface area contributed by atoms with E-state index in [0.29, 0.717) is 0 Å². The second-order valence-corrected chi connectivity index (χ2v) is 5.47. The number of nitrogens with zero attached hydrogens (tertiary/aromatic N) is 1. The zero-order chi connectivity index (χ0) is 13.2. The van der Waals surface area contributed by atoms with E-state index in [1.54, 1.807) is 0 Å². The third kappa shape index (κ3) is 2.25. The van der Waals surface area contributed by atoms with Gasteiger partial charge < -0.3 is 5.32 Å². The molecule has 1 aliphatic rings. The summed E-state index contributed by atoms with van der Waals surface area (Å²) in [4.78, 5) is 4.96. The van der Waals surface area contributed by atoms with Gasteiger partial charge in [0.2, 0.25) is 0 Å². The Hall–Kier alpha value is -1.41. The van der Waals surface area contributed by atoms with Crippen LogP contribution in [-0.4, -0.2) is 11.5 Å². The maximum Gasteiger partial charge on any atom is 0.0737 e. The van der Waals surface area contributed by atoms with Crippen LogP contribution in [0.2, 0.25) is 0 Å². The number of hydrogen-bond acceptors (Lipinski definition) is 2. The summed E-state index contributed by atoms with van der Waals surface area (Å²) in [6.07, 6.45) is 4.95. The number of pyridine rings is 1. The summed E-state index contributed by atoms with van der Waals surface area (Å²) in [7, 11) is 0. The molecule has 1 aromatic carbocycles. The van der Waals surface area contributed by atoms with Crippen molar-refractivity contribution in [3.63, 3.8) is 0 Å². The predicted octanol–water partition coefficient (Wildman–Crippen LogP) is 3.53. The van der Waals surface area contributed by atoms with Gasteiger partial charge in [0.05, 0.1) is 5.52 Å². The molecule has 1 aromatic heterocycles. The van der Waals surface area contributed by atoms with Gasteiger partial charge in [0, 0.05) is 17.6 Å². The van der Waals surface area contributed by atoms with Gasteiger partial charge in [-0.25, -0.2) is 0 Å². The molecule has 0 spiro atoms. The molecule has 0 aliphatic heterocycles. The maximum atomic E-state index is 4.96. The number of rotatable bonds is 3. The molecule has 0 saturated heterocycles. The molecule has 0 bridgehead atoms. The second kappa shape index (κ2) is 5.30. The molecular formula is C17H22N2. The molecule has 2 heteroatoms. The predicted molar refractivity (Wildman–Crippen MR) is 80.5 cm³/mol. The van der Waals surface area contributed by atoms with Crippen LogP contribution in [0, 0.1) is 6.92 Å². The fraction of sp³-hybridized carbons (Fsp3) is 0.471. The molecule has 1 N–H and O–H groups in total. The zero-order valence-electron chi connectivity index (χ0n) is 11.9. The average Bonchev–Trinajstić information content (AvgIpc) is 2.44. The lowest BCUT2D eigenvalue weighted by molar-refractivity contribution is 0.651. The molecule has 3 rings (SSSR count). The van der Waals surface area contributed by atoms with E-state index in [0.717, 1.165) is 19.5 Å². The van der Waals surface area contributed by atoms with E-state index < -0.39 is 0 Å². The van der Waals surface area contributed by atoms with Crippen molar-refractivity contribution >= 4 is 10.9 Å². The molecule has 1 heterocycles. The largest absolute Gasteiger partial charge is 0.313 e. The minimum absolute atomic E-state index is 0.974. The first-order valence-corrected chi connectivity index (χ1v) is 7.42. The quantitative estimate of drug-likeness (QED) is 0.906. The van der Waals surface area contributed by atoms with Crippen LogP contribution in [0.3, 0.4) is 0 Å². The number of aryl methyl sites for hydroxylation is 2. The van der Waals surface area contributed by atoms with E-state index in [1.807, 2.05) is 0 Å². The molecule has 100 valence electrons. The van der Waals surface area contributed by atoms with Gasteiger partial charge in [-0.3, -0.25) is 4.98 Å². The minimum Gasteiger partial charge on any atom is -0.313 e. The Morgan fingerprint density at radius 3 is 2.89 bits per heavy atom. The first kappa shape index (κ1) is 12.6. The first-order valence-electron chi connectivity index (χ1n) is 7.42. The summed E-state index contributed by atoms with van der Waals surface area (Å²) in [5, 5.41) is 4.85. The second-order valence-electron chi connectivity index (χ2n) is 5.47. The lowest BCUT2D eigenvalue weighted by Crippen LogP contribution is -2.17. The van der Waals surface area contributed by atoms with Gasteiger partial charge >= 0.3 is 0 Å². The van der Waals surface area contributed by atoms with Crippen LogP contribution in [0.5, 0.6) is 0 Å². The molecule has 0 amide bonds. The highest BCUT2D eigenvalue weighted by atomic mass is 14.8. The molecule has 2 nitrogen and oxygen atoms in total. The summed E-state index contributed by atoms with van der Waals surface area (Å²) >= 11 is 0. The molecule has 0 unspecified atom stereocenters. The molecule has 1 aliphatic carbocycles. The number of para-hydroxylation sites is 1. The molecule has 0 fully saturated rings. The van der Waals surface area contributed by atoms with Crippen molar-refractivity contribution in [3.05, 3.63) is 40.6 Å². The van der Waals surface area contributed by atoms with Crippen molar-refractivity contribution < 1.29 is 0 Å². The number of aromatic nitrogens is 1. The van der Waals surface area contributed by atoms with Gasteiger partial charge in [0.15, 0.2) is 0 Å². The minimum atomic E-state index is 0.974. The van der Waals surface area contributed by atoms with Gasteiger partial charge in [-0.05, 0) is 55.8 Å². The molecule has 0 radical (unpaired) electrons. The van der Waals surface area contributed by atoms with E-state index in [2.05, 4.69) is 37.4 Å². The Balaban J connectivity index is 2.24. The molecule has 0 atom stereocenters. The monoisotopic (exact) mass is 254 g/mol. The highest BCUT2D eigenvalue weighted by molar-refractivity contribution is 5.86. The third-order valence-electron chi connectivity index (χ3n) is 4.16. The normalized spacial score (nSPS) is 14.6. The Morgan fingerprint density at radius 1 is 1.21 bits per heavy atom. The van der Waals surface area contributed by atoms with Gasteiger partial charge in [-0.1, -0.05) is 25.1 Å². The van der Waals surface area contributed by atoms with Crippen molar-refractivity contribution in [1.82, 2.24) is 10.3 Å². The molecule has 2 aromatic rings. The van der Waals surface area contributed by atoms with Crippen LogP contribution in [0.1, 0.15) is 42.1 Å². The highest BCUT2D eigenvalue weighted by Gasteiger charge is 2.18. The van der Waals surface area contributed by atoms with E-state index in [-0.39, 0.29) is 0 Å². The van der Waals surface area contributed by atoms with Crippen molar-refractivity contribution in [2.45, 2.75) is 46.1 Å². The van der Waals surface area contributed by atoms with E-state index in [9.17, 15) is 0 Å². The summed E-state index contributed by atoms with van der Waals surface area (Å²) in [5.41, 5.74) is 6.86. The van der Waals surface area contributed by atoms with E-state index in [4.69, 9.17) is 4.98 Å². The van der Waals surface area contributed by atoms with Crippen molar-refractivity contribution in [1.29, 1.82) is 0 Å². The van der Waals surface area contributed by atoms with Crippen LogP contribution < -0.4 is 5.32 Å². The molecular weight excluding hydrogens is 232 g/mol. The summed E-state index contributed by atoms with van der Waals surface area (Å²) < 4.78 is 0. The van der Waals surface area contributed by atoms with Gasteiger partial charge in [0.25, 0.3) is 0 Å². The first-order chi connectivity index (χ1) is 9.31. The fourth-order valence-corrected chi connectivity index (χ4v) is 3.14. The van der Waals surface area contributed by atoms with E-state index >= 15 is 0 Å². The van der Waals surface area contributed by atoms with Crippen LogP contribution >= 0.6 is 0 Å². The Morgan fingerprint density at radius 2 is 2.05 bits per heavy atom.